The van der Waals surface area contributed by atoms with E-state index in [0.717, 1.165) is 24.2 Å². The molecule has 0 bridgehead atoms. The molecule has 1 saturated carbocycles. The molecule has 0 spiro atoms. The van der Waals surface area contributed by atoms with Crippen LogP contribution in [0.1, 0.15) is 59.3 Å². The zero-order valence-corrected chi connectivity index (χ0v) is 10.7. The van der Waals surface area contributed by atoms with E-state index < -0.39 is 0 Å². The summed E-state index contributed by atoms with van der Waals surface area (Å²) < 4.78 is 0. The standard InChI is InChI=1S/C15H26/c1-5-8-12(4)9-10-14-11-15(14)13(6-2)7-3/h12,14-15H,2,5,7-11H2,1,3-4H3. The van der Waals surface area contributed by atoms with E-state index in [1.54, 1.807) is 0 Å². The molecule has 3 atom stereocenters. The summed E-state index contributed by atoms with van der Waals surface area (Å²) in [6.45, 7) is 10.7. The van der Waals surface area contributed by atoms with Gasteiger partial charge in [-0.25, -0.2) is 0 Å². The summed E-state index contributed by atoms with van der Waals surface area (Å²) in [4.78, 5) is 0. The van der Waals surface area contributed by atoms with Gasteiger partial charge < -0.3 is 0 Å². The Kier molecular flexibility index (Phi) is 5.19. The lowest BCUT2D eigenvalue weighted by atomic mass is 9.97. The van der Waals surface area contributed by atoms with Crippen molar-refractivity contribution in [3.8, 4) is 0 Å². The van der Waals surface area contributed by atoms with Crippen LogP contribution in [0.5, 0.6) is 0 Å². The molecule has 0 radical (unpaired) electrons. The van der Waals surface area contributed by atoms with E-state index in [2.05, 4.69) is 33.1 Å². The highest BCUT2D eigenvalue weighted by Crippen LogP contribution is 2.48. The Morgan fingerprint density at radius 2 is 2.13 bits per heavy atom. The molecule has 1 rings (SSSR count). The van der Waals surface area contributed by atoms with E-state index in [0.29, 0.717) is 0 Å². The molecule has 15 heavy (non-hydrogen) atoms. The third kappa shape index (κ3) is 3.87. The molecular formula is C15H26. The molecule has 0 N–H and O–H groups in total. The zero-order chi connectivity index (χ0) is 11.3. The Labute approximate surface area is 95.5 Å². The van der Waals surface area contributed by atoms with E-state index in [4.69, 9.17) is 0 Å². The van der Waals surface area contributed by atoms with E-state index in [1.165, 1.54) is 37.7 Å². The van der Waals surface area contributed by atoms with Crippen LogP contribution in [0.25, 0.3) is 0 Å². The minimum atomic E-state index is 0.848. The fraction of sp³-hybridized carbons (Fsp3) is 0.800. The van der Waals surface area contributed by atoms with Gasteiger partial charge in [0.25, 0.3) is 0 Å². The van der Waals surface area contributed by atoms with Gasteiger partial charge >= 0.3 is 0 Å². The molecular weight excluding hydrogens is 180 g/mol. The largest absolute Gasteiger partial charge is 0.129 e. The highest BCUT2D eigenvalue weighted by atomic mass is 14.4. The van der Waals surface area contributed by atoms with Gasteiger partial charge in [-0.3, -0.25) is 0 Å². The summed E-state index contributed by atoms with van der Waals surface area (Å²) in [6, 6.07) is 0. The second-order valence-electron chi connectivity index (χ2n) is 5.13. The number of allylic oxidation sites excluding steroid dienone is 1. The van der Waals surface area contributed by atoms with Crippen LogP contribution in [0.3, 0.4) is 0 Å². The van der Waals surface area contributed by atoms with E-state index in [1.807, 2.05) is 0 Å². The maximum absolute atomic E-state index is 3.79. The van der Waals surface area contributed by atoms with Gasteiger partial charge in [-0.2, -0.15) is 0 Å². The summed E-state index contributed by atoms with van der Waals surface area (Å²) >= 11 is 0. The van der Waals surface area contributed by atoms with Crippen LogP contribution in [0, 0.1) is 17.8 Å². The average Bonchev–Trinajstić information content (AvgIpc) is 2.97. The smallest absolute Gasteiger partial charge is 0.00960 e. The highest BCUT2D eigenvalue weighted by Gasteiger charge is 2.38. The first-order valence-electron chi connectivity index (χ1n) is 6.61. The Balaban J connectivity index is 2.19. The van der Waals surface area contributed by atoms with Gasteiger partial charge in [-0.15, -0.1) is 5.73 Å². The third-order valence-electron chi connectivity index (χ3n) is 3.79. The van der Waals surface area contributed by atoms with Crippen molar-refractivity contribution < 1.29 is 0 Å². The number of rotatable bonds is 7. The molecule has 0 amide bonds. The van der Waals surface area contributed by atoms with Gasteiger partial charge in [0.2, 0.25) is 0 Å². The Bertz CT molecular complexity index is 232. The van der Waals surface area contributed by atoms with Crippen LogP contribution in [0.2, 0.25) is 0 Å². The van der Waals surface area contributed by atoms with E-state index in [9.17, 15) is 0 Å². The van der Waals surface area contributed by atoms with Crippen LogP contribution in [0.15, 0.2) is 17.9 Å². The Morgan fingerprint density at radius 3 is 2.67 bits per heavy atom. The molecule has 0 heteroatoms. The first-order valence-corrected chi connectivity index (χ1v) is 6.61. The molecule has 1 aliphatic rings. The first kappa shape index (κ1) is 12.6. The van der Waals surface area contributed by atoms with Gasteiger partial charge in [-0.05, 0) is 42.6 Å². The molecule has 0 nitrogen and oxygen atoms in total. The normalized spacial score (nSPS) is 25.8. The fourth-order valence-corrected chi connectivity index (χ4v) is 2.65. The van der Waals surface area contributed by atoms with Crippen LogP contribution < -0.4 is 0 Å². The molecule has 1 aliphatic carbocycles. The van der Waals surface area contributed by atoms with Crippen LogP contribution in [-0.4, -0.2) is 0 Å². The van der Waals surface area contributed by atoms with Gasteiger partial charge in [0, 0.05) is 0 Å². The number of hydrogen-bond donors (Lipinski definition) is 0. The highest BCUT2D eigenvalue weighted by molar-refractivity contribution is 5.13. The summed E-state index contributed by atoms with van der Waals surface area (Å²) in [6.07, 6.45) is 8.14. The quantitative estimate of drug-likeness (QED) is 0.516. The van der Waals surface area contributed by atoms with Crippen molar-refractivity contribution in [3.05, 3.63) is 17.9 Å². The summed E-state index contributed by atoms with van der Waals surface area (Å²) in [5, 5.41) is 0. The second-order valence-corrected chi connectivity index (χ2v) is 5.13. The summed E-state index contributed by atoms with van der Waals surface area (Å²) in [5.74, 6) is 2.74. The van der Waals surface area contributed by atoms with Gasteiger partial charge in [-0.1, -0.05) is 46.6 Å². The van der Waals surface area contributed by atoms with Gasteiger partial charge in [0.15, 0.2) is 0 Å². The van der Waals surface area contributed by atoms with Crippen molar-refractivity contribution >= 4 is 0 Å². The number of hydrogen-bond acceptors (Lipinski definition) is 0. The predicted molar refractivity (Wildman–Crippen MR) is 67.8 cm³/mol. The van der Waals surface area contributed by atoms with E-state index >= 15 is 0 Å². The minimum Gasteiger partial charge on any atom is -0.129 e. The monoisotopic (exact) mass is 206 g/mol. The average molecular weight is 206 g/mol. The maximum Gasteiger partial charge on any atom is -0.00960 e. The SMILES string of the molecule is C=C=C(CC)C1CC1CCC(C)CCC. The van der Waals surface area contributed by atoms with Crippen molar-refractivity contribution in [2.75, 3.05) is 0 Å². The lowest BCUT2D eigenvalue weighted by Gasteiger charge is -2.09. The molecule has 0 heterocycles. The van der Waals surface area contributed by atoms with Crippen molar-refractivity contribution in [1.82, 2.24) is 0 Å². The molecule has 0 aliphatic heterocycles. The molecule has 0 saturated heterocycles. The molecule has 0 aromatic carbocycles. The zero-order valence-electron chi connectivity index (χ0n) is 10.7. The third-order valence-corrected chi connectivity index (χ3v) is 3.79. The van der Waals surface area contributed by atoms with Crippen molar-refractivity contribution in [2.45, 2.75) is 59.3 Å². The Morgan fingerprint density at radius 1 is 1.40 bits per heavy atom. The molecule has 3 unspecified atom stereocenters. The second kappa shape index (κ2) is 6.18. The Hall–Kier alpha value is -0.480. The van der Waals surface area contributed by atoms with Crippen LogP contribution >= 0.6 is 0 Å². The van der Waals surface area contributed by atoms with Crippen molar-refractivity contribution in [3.63, 3.8) is 0 Å². The lowest BCUT2D eigenvalue weighted by molar-refractivity contribution is 0.448. The van der Waals surface area contributed by atoms with E-state index in [-0.39, 0.29) is 0 Å². The minimum absolute atomic E-state index is 0.848. The summed E-state index contributed by atoms with van der Waals surface area (Å²) in [5.41, 5.74) is 4.60. The van der Waals surface area contributed by atoms with Crippen LogP contribution in [0.4, 0.5) is 0 Å². The van der Waals surface area contributed by atoms with Gasteiger partial charge in [0.1, 0.15) is 0 Å². The van der Waals surface area contributed by atoms with Crippen molar-refractivity contribution in [2.24, 2.45) is 17.8 Å². The van der Waals surface area contributed by atoms with Gasteiger partial charge in [0.05, 0.1) is 0 Å². The molecule has 1 fully saturated rings. The topological polar surface area (TPSA) is 0 Å². The van der Waals surface area contributed by atoms with Crippen molar-refractivity contribution in [1.29, 1.82) is 0 Å². The maximum atomic E-state index is 3.79. The molecule has 86 valence electrons. The molecule has 0 aromatic rings. The summed E-state index contributed by atoms with van der Waals surface area (Å²) in [7, 11) is 0. The van der Waals surface area contributed by atoms with Crippen LogP contribution in [-0.2, 0) is 0 Å². The predicted octanol–water partition coefficient (Wildman–Crippen LogP) is 4.96. The fourth-order valence-electron chi connectivity index (χ4n) is 2.65. The molecule has 0 aromatic heterocycles. The lowest BCUT2D eigenvalue weighted by Crippen LogP contribution is -1.95. The first-order chi connectivity index (χ1) is 7.22.